The Morgan fingerprint density at radius 1 is 1.07 bits per heavy atom. The van der Waals surface area contributed by atoms with E-state index in [-0.39, 0.29) is 10.8 Å². The minimum absolute atomic E-state index is 0.247. The summed E-state index contributed by atoms with van der Waals surface area (Å²) in [7, 11) is -1.22. The van der Waals surface area contributed by atoms with Crippen LogP contribution in [0.25, 0.3) is 0 Å². The number of esters is 1. The van der Waals surface area contributed by atoms with Crippen LogP contribution in [0.2, 0.25) is 0 Å². The highest BCUT2D eigenvalue weighted by Gasteiger charge is 2.32. The zero-order chi connectivity index (χ0) is 21.9. The lowest BCUT2D eigenvalue weighted by Gasteiger charge is -2.23. The van der Waals surface area contributed by atoms with Crippen LogP contribution in [-0.4, -0.2) is 56.7 Å². The molecule has 0 saturated carbocycles. The Hall–Kier alpha value is -2.78. The molecule has 0 spiro atoms. The third-order valence-electron chi connectivity index (χ3n) is 4.91. The zero-order valence-electron chi connectivity index (χ0n) is 16.7. The van der Waals surface area contributed by atoms with Gasteiger partial charge in [0.2, 0.25) is 16.1 Å². The summed E-state index contributed by atoms with van der Waals surface area (Å²) in [6.45, 7) is 1.12. The van der Waals surface area contributed by atoms with Crippen LogP contribution in [-0.2, 0) is 19.6 Å². The summed E-state index contributed by atoms with van der Waals surface area (Å²) in [5.74, 6) is -2.42. The number of hydrogen-bond donors (Lipinski definition) is 0. The van der Waals surface area contributed by atoms with Crippen molar-refractivity contribution in [3.8, 4) is 0 Å². The van der Waals surface area contributed by atoms with Gasteiger partial charge in [-0.25, -0.2) is 21.9 Å². The molecule has 3 rings (SSSR count). The highest BCUT2D eigenvalue weighted by molar-refractivity contribution is 7.89. The third kappa shape index (κ3) is 4.52. The van der Waals surface area contributed by atoms with Crippen LogP contribution in [0.5, 0.6) is 0 Å². The predicted molar refractivity (Wildman–Crippen MR) is 108 cm³/mol. The summed E-state index contributed by atoms with van der Waals surface area (Å²) in [5.41, 5.74) is -0.0895. The Kier molecular flexibility index (Phi) is 6.52. The Labute approximate surface area is 175 Å². The topological polar surface area (TPSA) is 84.0 Å². The molecule has 1 aliphatic rings. The number of rotatable bonds is 6. The molecule has 0 bridgehead atoms. The maximum absolute atomic E-state index is 14.4. The molecule has 0 aliphatic carbocycles. The molecule has 0 N–H and O–H groups in total. The zero-order valence-corrected chi connectivity index (χ0v) is 17.6. The van der Waals surface area contributed by atoms with Crippen molar-refractivity contribution in [2.75, 3.05) is 27.2 Å². The summed E-state index contributed by atoms with van der Waals surface area (Å²) < 4.78 is 45.4. The lowest BCUT2D eigenvalue weighted by molar-refractivity contribution is -0.140. The van der Waals surface area contributed by atoms with Gasteiger partial charge in [-0.15, -0.1) is 0 Å². The van der Waals surface area contributed by atoms with Crippen LogP contribution in [0, 0.1) is 5.82 Å². The van der Waals surface area contributed by atoms with E-state index in [2.05, 4.69) is 0 Å². The highest BCUT2D eigenvalue weighted by atomic mass is 32.2. The van der Waals surface area contributed by atoms with Crippen LogP contribution >= 0.6 is 0 Å². The quantitative estimate of drug-likeness (QED) is 0.653. The van der Waals surface area contributed by atoms with Gasteiger partial charge in [-0.2, -0.15) is 0 Å². The summed E-state index contributed by atoms with van der Waals surface area (Å²) in [4.78, 5) is 27.1. The van der Waals surface area contributed by atoms with Crippen LogP contribution < -0.4 is 0 Å². The molecule has 1 heterocycles. The molecule has 1 fully saturated rings. The molecule has 0 unspecified atom stereocenters. The summed E-state index contributed by atoms with van der Waals surface area (Å²) in [6.07, 6.45) is 0.478. The van der Waals surface area contributed by atoms with Gasteiger partial charge in [0.1, 0.15) is 5.82 Å². The van der Waals surface area contributed by atoms with E-state index in [4.69, 9.17) is 4.74 Å². The van der Waals surface area contributed by atoms with Gasteiger partial charge in [0.05, 0.1) is 10.5 Å². The van der Waals surface area contributed by atoms with Gasteiger partial charge < -0.3 is 9.64 Å². The Morgan fingerprint density at radius 2 is 1.70 bits per heavy atom. The van der Waals surface area contributed by atoms with Crippen molar-refractivity contribution < 1.29 is 27.1 Å². The molecular weight excluding hydrogens is 411 g/mol. The van der Waals surface area contributed by atoms with E-state index in [0.717, 1.165) is 35.3 Å². The van der Waals surface area contributed by atoms with Crippen molar-refractivity contribution in [2.24, 2.45) is 0 Å². The number of nitrogens with zero attached hydrogens (tertiary/aromatic N) is 2. The average Bonchev–Trinajstić information content (AvgIpc) is 3.27. The van der Waals surface area contributed by atoms with Crippen LogP contribution in [0.3, 0.4) is 0 Å². The van der Waals surface area contributed by atoms with E-state index in [1.807, 2.05) is 0 Å². The fourth-order valence-electron chi connectivity index (χ4n) is 3.19. The Morgan fingerprint density at radius 3 is 2.30 bits per heavy atom. The maximum Gasteiger partial charge on any atom is 0.342 e. The maximum atomic E-state index is 14.4. The van der Waals surface area contributed by atoms with E-state index < -0.39 is 33.5 Å². The van der Waals surface area contributed by atoms with Gasteiger partial charge in [-0.1, -0.05) is 30.3 Å². The number of hydrogen-bond acceptors (Lipinski definition) is 5. The number of sulfonamides is 1. The lowest BCUT2D eigenvalue weighted by Crippen LogP contribution is -2.35. The van der Waals surface area contributed by atoms with Crippen molar-refractivity contribution in [3.05, 3.63) is 65.5 Å². The molecule has 1 atom stereocenters. The number of carbonyl (C=O) groups excluding carboxylic acids is 2. The van der Waals surface area contributed by atoms with Gasteiger partial charge in [0, 0.05) is 32.7 Å². The van der Waals surface area contributed by atoms with Gasteiger partial charge in [0.25, 0.3) is 5.91 Å². The first-order chi connectivity index (χ1) is 14.2. The summed E-state index contributed by atoms with van der Waals surface area (Å²) in [6, 6.07) is 11.4. The van der Waals surface area contributed by atoms with Gasteiger partial charge in [0.15, 0.2) is 0 Å². The lowest BCUT2D eigenvalue weighted by atomic mass is 10.1. The fourth-order valence-corrected chi connectivity index (χ4v) is 4.12. The van der Waals surface area contributed by atoms with Crippen LogP contribution in [0.1, 0.15) is 34.9 Å². The van der Waals surface area contributed by atoms with E-state index in [0.29, 0.717) is 18.7 Å². The van der Waals surface area contributed by atoms with Crippen molar-refractivity contribution >= 4 is 21.9 Å². The van der Waals surface area contributed by atoms with Crippen molar-refractivity contribution in [1.29, 1.82) is 0 Å². The minimum Gasteiger partial charge on any atom is -0.444 e. The van der Waals surface area contributed by atoms with E-state index in [1.165, 1.54) is 14.1 Å². The number of carbonyl (C=O) groups is 2. The average molecular weight is 434 g/mol. The number of halogens is 1. The molecule has 1 saturated heterocycles. The highest BCUT2D eigenvalue weighted by Crippen LogP contribution is 2.26. The van der Waals surface area contributed by atoms with E-state index >= 15 is 0 Å². The number of ether oxygens (including phenoxy) is 1. The Bertz CT molecular complexity index is 1030. The number of benzene rings is 2. The first-order valence-electron chi connectivity index (χ1n) is 9.48. The van der Waals surface area contributed by atoms with Crippen molar-refractivity contribution in [2.45, 2.75) is 23.8 Å². The Balaban J connectivity index is 1.93. The SMILES string of the molecule is CN(C)S(=O)(=O)c1ccc(F)c(C(=O)O[C@@H](C(=O)N2CCCC2)c2ccccc2)c1. The smallest absolute Gasteiger partial charge is 0.342 e. The molecular formula is C21H23FN2O5S. The second kappa shape index (κ2) is 8.93. The standard InChI is InChI=1S/C21H23FN2O5S/c1-23(2)30(27,28)16-10-11-18(22)17(14-16)21(26)29-19(15-8-4-3-5-9-15)20(25)24-12-6-7-13-24/h3-5,8-11,14,19H,6-7,12-13H2,1-2H3/t19-/m1/s1. The molecule has 160 valence electrons. The molecule has 2 aromatic rings. The second-order valence-electron chi connectivity index (χ2n) is 7.16. The van der Waals surface area contributed by atoms with Crippen molar-refractivity contribution in [1.82, 2.24) is 9.21 Å². The summed E-state index contributed by atoms with van der Waals surface area (Å²) in [5, 5.41) is 0. The molecule has 30 heavy (non-hydrogen) atoms. The number of likely N-dealkylation sites (tertiary alicyclic amines) is 1. The monoisotopic (exact) mass is 434 g/mol. The van der Waals surface area contributed by atoms with Crippen molar-refractivity contribution in [3.63, 3.8) is 0 Å². The van der Waals surface area contributed by atoms with E-state index in [9.17, 15) is 22.4 Å². The fraction of sp³-hybridized carbons (Fsp3) is 0.333. The molecule has 0 aromatic heterocycles. The molecule has 0 radical (unpaired) electrons. The van der Waals surface area contributed by atoms with Crippen LogP contribution in [0.15, 0.2) is 53.4 Å². The molecule has 1 aliphatic heterocycles. The first kappa shape index (κ1) is 21.9. The normalized spacial score (nSPS) is 15.3. The summed E-state index contributed by atoms with van der Waals surface area (Å²) >= 11 is 0. The van der Waals surface area contributed by atoms with Crippen LogP contribution in [0.4, 0.5) is 4.39 Å². The molecule has 7 nitrogen and oxygen atoms in total. The predicted octanol–water partition coefficient (Wildman–Crippen LogP) is 2.60. The van der Waals surface area contributed by atoms with Gasteiger partial charge in [-0.05, 0) is 31.0 Å². The van der Waals surface area contributed by atoms with Gasteiger partial charge >= 0.3 is 5.97 Å². The second-order valence-corrected chi connectivity index (χ2v) is 9.31. The minimum atomic E-state index is -3.88. The molecule has 2 aromatic carbocycles. The largest absolute Gasteiger partial charge is 0.444 e. The molecule has 1 amide bonds. The van der Waals surface area contributed by atoms with E-state index in [1.54, 1.807) is 35.2 Å². The number of amides is 1. The molecule has 9 heteroatoms. The first-order valence-corrected chi connectivity index (χ1v) is 10.9. The van der Waals surface area contributed by atoms with Gasteiger partial charge in [-0.3, -0.25) is 4.79 Å². The third-order valence-corrected chi connectivity index (χ3v) is 6.72.